The van der Waals surface area contributed by atoms with Gasteiger partial charge in [0.15, 0.2) is 0 Å². The van der Waals surface area contributed by atoms with Crippen LogP contribution in [0.15, 0.2) is 18.2 Å². The van der Waals surface area contributed by atoms with Crippen LogP contribution in [0.2, 0.25) is 10.0 Å². The fraction of sp³-hybridized carbons (Fsp3) is 0.562. The van der Waals surface area contributed by atoms with Crippen molar-refractivity contribution in [2.24, 2.45) is 5.92 Å². The lowest BCUT2D eigenvalue weighted by atomic mass is 9.86. The Hall–Kier alpha value is -0.810. The van der Waals surface area contributed by atoms with E-state index in [-0.39, 0.29) is 25.0 Å². The number of aliphatic hydroxyl groups is 2. The molecule has 0 aromatic heterocycles. The fourth-order valence-corrected chi connectivity index (χ4v) is 3.38. The molecule has 0 radical (unpaired) electrons. The number of amides is 1. The molecule has 1 aliphatic rings. The molecular weight excluding hydrogens is 325 g/mol. The van der Waals surface area contributed by atoms with Crippen molar-refractivity contribution in [3.8, 4) is 0 Å². The molecule has 4 nitrogen and oxygen atoms in total. The summed E-state index contributed by atoms with van der Waals surface area (Å²) < 4.78 is 0. The summed E-state index contributed by atoms with van der Waals surface area (Å²) in [6.07, 6.45) is 2.65. The first-order valence-corrected chi connectivity index (χ1v) is 8.27. The van der Waals surface area contributed by atoms with Crippen molar-refractivity contribution in [2.75, 3.05) is 6.61 Å². The number of hydrogen-bond donors (Lipinski definition) is 3. The molecule has 1 saturated carbocycles. The number of carbonyl (C=O) groups excluding carboxylic acids is 1. The summed E-state index contributed by atoms with van der Waals surface area (Å²) in [5.74, 6) is 0.170. The summed E-state index contributed by atoms with van der Waals surface area (Å²) in [6.45, 7) is 0.217. The van der Waals surface area contributed by atoms with Crippen LogP contribution in [-0.2, 0) is 4.79 Å². The number of hydrogen-bond acceptors (Lipinski definition) is 3. The highest BCUT2D eigenvalue weighted by atomic mass is 35.5. The standard InChI is InChI=1S/C16H21Cl2NO3/c17-12-5-11(6-13(18)7-12)15(21)8-16(22)19-14-3-1-10(9-20)2-4-14/h5-7,10,14-15,20-21H,1-4,8-9H2,(H,19,22). The van der Waals surface area contributed by atoms with Crippen molar-refractivity contribution in [1.82, 2.24) is 5.32 Å². The maximum absolute atomic E-state index is 12.0. The number of halogens is 2. The maximum atomic E-state index is 12.0. The van der Waals surface area contributed by atoms with E-state index >= 15 is 0 Å². The van der Waals surface area contributed by atoms with Crippen molar-refractivity contribution < 1.29 is 15.0 Å². The molecular formula is C16H21Cl2NO3. The molecule has 2 rings (SSSR count). The smallest absolute Gasteiger partial charge is 0.223 e. The van der Waals surface area contributed by atoms with Crippen LogP contribution in [0.1, 0.15) is 43.8 Å². The molecule has 1 amide bonds. The molecule has 1 fully saturated rings. The van der Waals surface area contributed by atoms with Gasteiger partial charge in [-0.2, -0.15) is 0 Å². The van der Waals surface area contributed by atoms with Crippen LogP contribution < -0.4 is 5.32 Å². The second-order valence-electron chi connectivity index (χ2n) is 5.89. The molecule has 1 aliphatic carbocycles. The number of nitrogens with one attached hydrogen (secondary N) is 1. The molecule has 0 saturated heterocycles. The minimum Gasteiger partial charge on any atom is -0.396 e. The van der Waals surface area contributed by atoms with E-state index in [0.29, 0.717) is 21.5 Å². The minimum absolute atomic E-state index is 0.0173. The molecule has 0 heterocycles. The zero-order valence-corrected chi connectivity index (χ0v) is 13.8. The van der Waals surface area contributed by atoms with E-state index in [1.165, 1.54) is 0 Å². The number of aliphatic hydroxyl groups excluding tert-OH is 2. The lowest BCUT2D eigenvalue weighted by Crippen LogP contribution is -2.38. The van der Waals surface area contributed by atoms with Gasteiger partial charge >= 0.3 is 0 Å². The Kier molecular flexibility index (Phi) is 6.50. The molecule has 22 heavy (non-hydrogen) atoms. The van der Waals surface area contributed by atoms with Crippen molar-refractivity contribution in [1.29, 1.82) is 0 Å². The fourth-order valence-electron chi connectivity index (χ4n) is 2.84. The SMILES string of the molecule is O=C(CC(O)c1cc(Cl)cc(Cl)c1)NC1CCC(CO)CC1. The summed E-state index contributed by atoms with van der Waals surface area (Å²) in [5.41, 5.74) is 0.539. The van der Waals surface area contributed by atoms with Gasteiger partial charge in [0.25, 0.3) is 0 Å². The van der Waals surface area contributed by atoms with Gasteiger partial charge in [0.05, 0.1) is 12.5 Å². The van der Waals surface area contributed by atoms with Gasteiger partial charge in [0.2, 0.25) is 5.91 Å². The van der Waals surface area contributed by atoms with Crippen molar-refractivity contribution >= 4 is 29.1 Å². The lowest BCUT2D eigenvalue weighted by Gasteiger charge is -2.28. The van der Waals surface area contributed by atoms with Crippen LogP contribution in [0.3, 0.4) is 0 Å². The zero-order chi connectivity index (χ0) is 16.1. The first kappa shape index (κ1) is 17.5. The minimum atomic E-state index is -0.926. The third kappa shape index (κ3) is 5.13. The normalized spacial score (nSPS) is 23.1. The first-order chi connectivity index (χ1) is 10.5. The summed E-state index contributed by atoms with van der Waals surface area (Å²) >= 11 is 11.8. The van der Waals surface area contributed by atoms with Crippen molar-refractivity contribution in [3.05, 3.63) is 33.8 Å². The Labute approximate surface area is 140 Å². The Bertz CT molecular complexity index is 496. The summed E-state index contributed by atoms with van der Waals surface area (Å²) in [4.78, 5) is 12.0. The molecule has 3 N–H and O–H groups in total. The van der Waals surface area contributed by atoms with E-state index in [9.17, 15) is 9.90 Å². The molecule has 1 aromatic rings. The van der Waals surface area contributed by atoms with Gasteiger partial charge in [-0.1, -0.05) is 23.2 Å². The van der Waals surface area contributed by atoms with Crippen LogP contribution in [-0.4, -0.2) is 28.8 Å². The summed E-state index contributed by atoms with van der Waals surface area (Å²) in [7, 11) is 0. The Morgan fingerprint density at radius 2 is 1.77 bits per heavy atom. The average molecular weight is 346 g/mol. The van der Waals surface area contributed by atoms with E-state index in [4.69, 9.17) is 28.3 Å². The van der Waals surface area contributed by atoms with E-state index in [2.05, 4.69) is 5.32 Å². The molecule has 0 aliphatic heterocycles. The predicted molar refractivity (Wildman–Crippen MR) is 87.0 cm³/mol. The molecule has 122 valence electrons. The second kappa shape index (κ2) is 8.16. The predicted octanol–water partition coefficient (Wildman–Crippen LogP) is 3.08. The van der Waals surface area contributed by atoms with Crippen LogP contribution in [0.5, 0.6) is 0 Å². The molecule has 6 heteroatoms. The first-order valence-electron chi connectivity index (χ1n) is 7.52. The van der Waals surface area contributed by atoms with Gasteiger partial charge in [-0.25, -0.2) is 0 Å². The van der Waals surface area contributed by atoms with Gasteiger partial charge in [-0.05, 0) is 55.4 Å². The topological polar surface area (TPSA) is 69.6 Å². The average Bonchev–Trinajstić information content (AvgIpc) is 2.47. The largest absolute Gasteiger partial charge is 0.396 e. The second-order valence-corrected chi connectivity index (χ2v) is 6.76. The summed E-state index contributed by atoms with van der Waals surface area (Å²) in [6, 6.07) is 4.93. The van der Waals surface area contributed by atoms with Crippen LogP contribution in [0, 0.1) is 5.92 Å². The quantitative estimate of drug-likeness (QED) is 0.767. The number of carbonyl (C=O) groups is 1. The van der Waals surface area contributed by atoms with Gasteiger partial charge in [-0.3, -0.25) is 4.79 Å². The lowest BCUT2D eigenvalue weighted by molar-refractivity contribution is -0.124. The Morgan fingerprint density at radius 1 is 1.18 bits per heavy atom. The molecule has 0 spiro atoms. The highest BCUT2D eigenvalue weighted by Crippen LogP contribution is 2.26. The highest BCUT2D eigenvalue weighted by Gasteiger charge is 2.23. The van der Waals surface area contributed by atoms with E-state index in [0.717, 1.165) is 25.7 Å². The van der Waals surface area contributed by atoms with Gasteiger partial charge in [-0.15, -0.1) is 0 Å². The van der Waals surface area contributed by atoms with E-state index in [1.54, 1.807) is 18.2 Å². The molecule has 0 bridgehead atoms. The number of rotatable bonds is 5. The molecule has 1 aromatic carbocycles. The van der Waals surface area contributed by atoms with Gasteiger partial charge in [0.1, 0.15) is 0 Å². The van der Waals surface area contributed by atoms with Gasteiger partial charge < -0.3 is 15.5 Å². The molecule has 1 atom stereocenters. The van der Waals surface area contributed by atoms with Crippen molar-refractivity contribution in [3.63, 3.8) is 0 Å². The Morgan fingerprint density at radius 3 is 2.32 bits per heavy atom. The maximum Gasteiger partial charge on any atom is 0.223 e. The number of benzene rings is 1. The van der Waals surface area contributed by atoms with Crippen LogP contribution in [0.25, 0.3) is 0 Å². The van der Waals surface area contributed by atoms with Crippen LogP contribution in [0.4, 0.5) is 0 Å². The molecule has 1 unspecified atom stereocenters. The summed E-state index contributed by atoms with van der Waals surface area (Å²) in [5, 5.41) is 23.1. The third-order valence-electron chi connectivity index (χ3n) is 4.12. The third-order valence-corrected chi connectivity index (χ3v) is 4.55. The van der Waals surface area contributed by atoms with Crippen LogP contribution >= 0.6 is 23.2 Å². The zero-order valence-electron chi connectivity index (χ0n) is 12.3. The van der Waals surface area contributed by atoms with E-state index < -0.39 is 6.10 Å². The Balaban J connectivity index is 1.84. The highest BCUT2D eigenvalue weighted by molar-refractivity contribution is 6.34. The van der Waals surface area contributed by atoms with Gasteiger partial charge in [0, 0.05) is 22.7 Å². The van der Waals surface area contributed by atoms with Crippen molar-refractivity contribution in [2.45, 2.75) is 44.2 Å². The monoisotopic (exact) mass is 345 g/mol. The van der Waals surface area contributed by atoms with E-state index in [1.807, 2.05) is 0 Å².